The van der Waals surface area contributed by atoms with Crippen molar-refractivity contribution >= 4 is 34.9 Å². The number of amidine groups is 1. The number of hydrogen-bond donors (Lipinski definition) is 1. The second-order valence-electron chi connectivity index (χ2n) is 7.12. The van der Waals surface area contributed by atoms with E-state index < -0.39 is 0 Å². The van der Waals surface area contributed by atoms with Crippen LogP contribution in [0.3, 0.4) is 0 Å². The van der Waals surface area contributed by atoms with E-state index in [4.69, 9.17) is 9.40 Å². The zero-order chi connectivity index (χ0) is 19.2. The number of rotatable bonds is 3. The summed E-state index contributed by atoms with van der Waals surface area (Å²) in [6.45, 7) is 1.74. The number of benzene rings is 2. The van der Waals surface area contributed by atoms with Crippen LogP contribution in [0.2, 0.25) is 0 Å². The summed E-state index contributed by atoms with van der Waals surface area (Å²) < 4.78 is 8.28. The van der Waals surface area contributed by atoms with E-state index >= 15 is 0 Å². The maximum atomic E-state index is 6.20. The van der Waals surface area contributed by atoms with Gasteiger partial charge in [0.2, 0.25) is 0 Å². The molecule has 30 heavy (non-hydrogen) atoms. The summed E-state index contributed by atoms with van der Waals surface area (Å²) in [5, 5.41) is 4.40. The van der Waals surface area contributed by atoms with Gasteiger partial charge in [-0.25, -0.2) is 4.98 Å². The number of para-hydroxylation sites is 1. The Morgan fingerprint density at radius 3 is 2.50 bits per heavy atom. The van der Waals surface area contributed by atoms with Crippen LogP contribution in [0, 0.1) is 0 Å². The second-order valence-corrected chi connectivity index (χ2v) is 7.12. The number of nitrogens with one attached hydrogen (secondary N) is 1. The van der Waals surface area contributed by atoms with Gasteiger partial charge in [-0.2, -0.15) is 0 Å². The van der Waals surface area contributed by atoms with Crippen molar-refractivity contribution in [3.05, 3.63) is 84.6 Å². The number of nitrogens with zero attached hydrogens (tertiary/aromatic N) is 3. The van der Waals surface area contributed by atoms with E-state index in [0.717, 1.165) is 63.8 Å². The van der Waals surface area contributed by atoms with Crippen LogP contribution in [-0.2, 0) is 0 Å². The topological polar surface area (TPSA) is 54.8 Å². The molecule has 1 aliphatic rings. The fourth-order valence-corrected chi connectivity index (χ4v) is 3.91. The molecule has 5 nitrogen and oxygen atoms in total. The number of hydrogen-bond acceptors (Lipinski definition) is 4. The monoisotopic (exact) mass is 414 g/mol. The molecule has 5 aromatic rings. The Morgan fingerprint density at radius 2 is 1.70 bits per heavy atom. The van der Waals surface area contributed by atoms with Crippen molar-refractivity contribution in [2.24, 2.45) is 4.99 Å². The molecule has 0 atom stereocenters. The van der Waals surface area contributed by atoms with Gasteiger partial charge < -0.3 is 9.73 Å². The second kappa shape index (κ2) is 7.35. The van der Waals surface area contributed by atoms with Crippen molar-refractivity contribution in [3.8, 4) is 22.7 Å². The molecule has 0 spiro atoms. The van der Waals surface area contributed by atoms with Crippen molar-refractivity contribution < 1.29 is 4.42 Å². The van der Waals surface area contributed by atoms with E-state index in [9.17, 15) is 0 Å². The van der Waals surface area contributed by atoms with Crippen LogP contribution in [0.15, 0.2) is 88.4 Å². The number of aromatic nitrogens is 2. The normalized spacial score (nSPS) is 13.3. The highest BCUT2D eigenvalue weighted by Gasteiger charge is 2.19. The van der Waals surface area contributed by atoms with Gasteiger partial charge in [0.25, 0.3) is 0 Å². The minimum atomic E-state index is 0. The fraction of sp³-hybridized carbons (Fsp3) is 0.0833. The van der Waals surface area contributed by atoms with Crippen LogP contribution in [0.5, 0.6) is 0 Å². The average molecular weight is 415 g/mol. The van der Waals surface area contributed by atoms with Crippen molar-refractivity contribution in [3.63, 3.8) is 0 Å². The smallest absolute Gasteiger partial charge is 0.154 e. The van der Waals surface area contributed by atoms with Gasteiger partial charge in [-0.3, -0.25) is 9.39 Å². The van der Waals surface area contributed by atoms with Crippen LogP contribution in [0.25, 0.3) is 39.3 Å². The highest BCUT2D eigenvalue weighted by atomic mass is 35.5. The molecule has 0 saturated heterocycles. The Balaban J connectivity index is 0.00000193. The van der Waals surface area contributed by atoms with Gasteiger partial charge >= 0.3 is 0 Å². The molecule has 6 heteroatoms. The fourth-order valence-electron chi connectivity index (χ4n) is 3.91. The first-order valence-electron chi connectivity index (χ1n) is 9.72. The van der Waals surface area contributed by atoms with Crippen LogP contribution < -0.4 is 5.32 Å². The first-order valence-corrected chi connectivity index (χ1v) is 9.72. The molecule has 0 amide bonds. The van der Waals surface area contributed by atoms with E-state index in [1.807, 2.05) is 42.6 Å². The predicted octanol–water partition coefficient (Wildman–Crippen LogP) is 5.19. The minimum Gasteiger partial charge on any atom is -0.454 e. The maximum absolute atomic E-state index is 6.20. The lowest BCUT2D eigenvalue weighted by Gasteiger charge is -2.05. The van der Waals surface area contributed by atoms with E-state index in [-0.39, 0.29) is 12.4 Å². The Morgan fingerprint density at radius 1 is 0.900 bits per heavy atom. The lowest BCUT2D eigenvalue weighted by molar-refractivity contribution is 0.628. The number of aliphatic imine (C=N–C) groups is 1. The summed E-state index contributed by atoms with van der Waals surface area (Å²) in [7, 11) is 0. The first-order chi connectivity index (χ1) is 14.4. The van der Waals surface area contributed by atoms with Gasteiger partial charge in [-0.15, -0.1) is 12.4 Å². The Kier molecular flexibility index (Phi) is 4.52. The highest BCUT2D eigenvalue weighted by molar-refractivity contribution is 6.00. The van der Waals surface area contributed by atoms with Gasteiger partial charge in [0.1, 0.15) is 28.5 Å². The molecule has 4 heterocycles. The summed E-state index contributed by atoms with van der Waals surface area (Å²) in [5.74, 6) is 1.77. The largest absolute Gasteiger partial charge is 0.454 e. The molecule has 3 aromatic heterocycles. The molecule has 1 aliphatic heterocycles. The molecule has 0 fully saturated rings. The van der Waals surface area contributed by atoms with Gasteiger partial charge in [0.15, 0.2) is 5.76 Å². The molecule has 0 radical (unpaired) electrons. The van der Waals surface area contributed by atoms with Crippen molar-refractivity contribution in [1.29, 1.82) is 0 Å². The lowest BCUT2D eigenvalue weighted by Crippen LogP contribution is -2.19. The molecular formula is C24H19ClN4O. The Labute approximate surface area is 179 Å². The molecule has 0 aliphatic carbocycles. The number of fused-ring (bicyclic) bond motifs is 2. The van der Waals surface area contributed by atoms with Crippen LogP contribution in [0.4, 0.5) is 0 Å². The van der Waals surface area contributed by atoms with E-state index in [0.29, 0.717) is 0 Å². The van der Waals surface area contributed by atoms with Crippen molar-refractivity contribution in [1.82, 2.24) is 14.7 Å². The third-order valence-electron chi connectivity index (χ3n) is 5.29. The first kappa shape index (κ1) is 18.5. The summed E-state index contributed by atoms with van der Waals surface area (Å²) in [4.78, 5) is 9.42. The quantitative estimate of drug-likeness (QED) is 0.442. The number of pyridine rings is 1. The van der Waals surface area contributed by atoms with Gasteiger partial charge in [0.05, 0.1) is 6.54 Å². The zero-order valence-electron chi connectivity index (χ0n) is 16.1. The molecule has 0 saturated carbocycles. The van der Waals surface area contributed by atoms with E-state index in [2.05, 4.69) is 51.1 Å². The van der Waals surface area contributed by atoms with Crippen LogP contribution in [-0.4, -0.2) is 28.3 Å². The van der Waals surface area contributed by atoms with Crippen LogP contribution >= 0.6 is 12.4 Å². The number of imidazole rings is 1. The standard InChI is InChI=1S/C24H18N4O.ClH/c1-2-6-19-18(5-1)15-20(29-19)23-22(27-21-7-3-4-14-28(21)23)16-8-10-17(11-9-16)24-25-12-13-26-24;/h1-11,14-15H,12-13H2,(H,25,26);1H. The maximum Gasteiger partial charge on any atom is 0.154 e. The number of furan rings is 1. The van der Waals surface area contributed by atoms with Gasteiger partial charge in [0, 0.05) is 29.3 Å². The molecular weight excluding hydrogens is 396 g/mol. The van der Waals surface area contributed by atoms with Gasteiger partial charge in [-0.1, -0.05) is 48.5 Å². The Bertz CT molecular complexity index is 1350. The number of halogens is 1. The molecule has 6 rings (SSSR count). The average Bonchev–Trinajstić information content (AvgIpc) is 3.51. The predicted molar refractivity (Wildman–Crippen MR) is 122 cm³/mol. The van der Waals surface area contributed by atoms with Crippen molar-refractivity contribution in [2.75, 3.05) is 13.1 Å². The molecule has 148 valence electrons. The summed E-state index contributed by atoms with van der Waals surface area (Å²) in [6, 6.07) is 24.6. The minimum absolute atomic E-state index is 0. The third-order valence-corrected chi connectivity index (χ3v) is 5.29. The summed E-state index contributed by atoms with van der Waals surface area (Å²) in [5.41, 5.74) is 5.78. The summed E-state index contributed by atoms with van der Waals surface area (Å²) >= 11 is 0. The van der Waals surface area contributed by atoms with Crippen molar-refractivity contribution in [2.45, 2.75) is 0 Å². The Hall–Kier alpha value is -3.57. The SMILES string of the molecule is Cl.c1ccc2oc(-c3c(-c4ccc(C5=NCCN5)cc4)nc4ccccn34)cc2c1. The highest BCUT2D eigenvalue weighted by Crippen LogP contribution is 2.36. The third kappa shape index (κ3) is 2.95. The molecule has 0 bridgehead atoms. The van der Waals surface area contributed by atoms with Crippen LogP contribution in [0.1, 0.15) is 5.56 Å². The molecule has 0 unspecified atom stereocenters. The lowest BCUT2D eigenvalue weighted by atomic mass is 10.1. The molecule has 1 N–H and O–H groups in total. The summed E-state index contributed by atoms with van der Waals surface area (Å²) in [6.07, 6.45) is 2.03. The van der Waals surface area contributed by atoms with E-state index in [1.54, 1.807) is 0 Å². The zero-order valence-corrected chi connectivity index (χ0v) is 16.9. The van der Waals surface area contributed by atoms with E-state index in [1.165, 1.54) is 0 Å². The van der Waals surface area contributed by atoms with Gasteiger partial charge in [-0.05, 0) is 24.3 Å². The molecule has 2 aromatic carbocycles.